The summed E-state index contributed by atoms with van der Waals surface area (Å²) in [6.07, 6.45) is 1.49. The topological polar surface area (TPSA) is 91.5 Å². The van der Waals surface area contributed by atoms with Crippen LogP contribution < -0.4 is 5.32 Å². The molecular weight excluding hydrogens is 382 g/mol. The average Bonchev–Trinajstić information content (AvgIpc) is 3.23. The van der Waals surface area contributed by atoms with Gasteiger partial charge in [-0.1, -0.05) is 18.2 Å². The monoisotopic (exact) mass is 405 g/mol. The summed E-state index contributed by atoms with van der Waals surface area (Å²) in [4.78, 5) is 42.1. The van der Waals surface area contributed by atoms with Crippen LogP contribution in [0.4, 0.5) is 5.69 Å². The van der Waals surface area contributed by atoms with Crippen molar-refractivity contribution in [1.29, 1.82) is 0 Å². The molecule has 2 heterocycles. The molecule has 1 aromatic heterocycles. The van der Waals surface area contributed by atoms with Gasteiger partial charge in [-0.15, -0.1) is 0 Å². The van der Waals surface area contributed by atoms with Crippen LogP contribution in [0.3, 0.4) is 0 Å². The molecule has 7 heteroatoms. The molecule has 2 amide bonds. The number of carbonyl (C=O) groups excluding carboxylic acids is 3. The highest BCUT2D eigenvalue weighted by atomic mass is 16.5. The van der Waals surface area contributed by atoms with Crippen LogP contribution in [0, 0.1) is 5.92 Å². The van der Waals surface area contributed by atoms with Gasteiger partial charge in [0.25, 0.3) is 5.91 Å². The van der Waals surface area contributed by atoms with E-state index in [0.29, 0.717) is 30.0 Å². The Bertz CT molecular complexity index is 1050. The van der Waals surface area contributed by atoms with Crippen LogP contribution in [-0.2, 0) is 9.53 Å². The van der Waals surface area contributed by atoms with Crippen LogP contribution in [-0.4, -0.2) is 47.9 Å². The van der Waals surface area contributed by atoms with E-state index >= 15 is 0 Å². The quantitative estimate of drug-likeness (QED) is 0.651. The highest BCUT2D eigenvalue weighted by Crippen LogP contribution is 2.22. The minimum Gasteiger partial charge on any atom is -0.465 e. The van der Waals surface area contributed by atoms with Gasteiger partial charge in [-0.3, -0.25) is 9.59 Å². The molecule has 7 nitrogen and oxygen atoms in total. The number of hydrogen-bond donors (Lipinski definition) is 2. The molecule has 2 aromatic carbocycles. The second-order valence-electron chi connectivity index (χ2n) is 7.42. The number of para-hydroxylation sites is 1. The number of H-pyrrole nitrogens is 1. The van der Waals surface area contributed by atoms with E-state index in [1.165, 1.54) is 7.11 Å². The van der Waals surface area contributed by atoms with Gasteiger partial charge < -0.3 is 19.9 Å². The van der Waals surface area contributed by atoms with Crippen LogP contribution in [0.15, 0.2) is 54.6 Å². The number of nitrogens with one attached hydrogen (secondary N) is 2. The number of ether oxygens (including phenoxy) is 1. The fourth-order valence-corrected chi connectivity index (χ4v) is 3.79. The third-order valence-corrected chi connectivity index (χ3v) is 5.41. The van der Waals surface area contributed by atoms with E-state index in [0.717, 1.165) is 23.7 Å². The molecule has 154 valence electrons. The normalized spacial score (nSPS) is 16.3. The van der Waals surface area contributed by atoms with E-state index in [1.807, 2.05) is 30.3 Å². The first-order valence-corrected chi connectivity index (χ1v) is 9.91. The number of piperidine rings is 1. The molecule has 1 saturated heterocycles. The summed E-state index contributed by atoms with van der Waals surface area (Å²) in [6, 6.07) is 16.1. The predicted octanol–water partition coefficient (Wildman–Crippen LogP) is 3.45. The number of carbonyl (C=O) groups is 3. The van der Waals surface area contributed by atoms with Gasteiger partial charge in [0.05, 0.1) is 18.6 Å². The van der Waals surface area contributed by atoms with E-state index in [4.69, 9.17) is 0 Å². The zero-order valence-electron chi connectivity index (χ0n) is 16.7. The number of hydrogen-bond acceptors (Lipinski definition) is 4. The van der Waals surface area contributed by atoms with Gasteiger partial charge in [0.1, 0.15) is 5.69 Å². The van der Waals surface area contributed by atoms with Gasteiger partial charge in [0.15, 0.2) is 0 Å². The molecule has 1 atom stereocenters. The highest BCUT2D eigenvalue weighted by Gasteiger charge is 2.29. The van der Waals surface area contributed by atoms with Crippen LogP contribution in [0.1, 0.15) is 33.7 Å². The SMILES string of the molecule is COC(=O)c1ccc(NC(=O)[C@H]2CCCN(C(=O)c3cc4ccccc4[nH]3)C2)cc1. The summed E-state index contributed by atoms with van der Waals surface area (Å²) >= 11 is 0. The molecule has 0 bridgehead atoms. The molecule has 0 aliphatic carbocycles. The van der Waals surface area contributed by atoms with Gasteiger partial charge in [0, 0.05) is 29.7 Å². The summed E-state index contributed by atoms with van der Waals surface area (Å²) in [5, 5.41) is 3.87. The Balaban J connectivity index is 1.41. The van der Waals surface area contributed by atoms with Crippen molar-refractivity contribution < 1.29 is 19.1 Å². The Kier molecular flexibility index (Phi) is 5.52. The zero-order chi connectivity index (χ0) is 21.1. The molecule has 4 rings (SSSR count). The van der Waals surface area contributed by atoms with E-state index < -0.39 is 5.97 Å². The van der Waals surface area contributed by atoms with Gasteiger partial charge in [-0.05, 0) is 49.2 Å². The number of anilines is 1. The van der Waals surface area contributed by atoms with Crippen molar-refractivity contribution in [2.24, 2.45) is 5.92 Å². The molecule has 1 aliphatic rings. The number of esters is 1. The van der Waals surface area contributed by atoms with Gasteiger partial charge >= 0.3 is 5.97 Å². The summed E-state index contributed by atoms with van der Waals surface area (Å²) in [7, 11) is 1.32. The maximum absolute atomic E-state index is 12.9. The molecular formula is C23H23N3O4. The fourth-order valence-electron chi connectivity index (χ4n) is 3.79. The minimum atomic E-state index is -0.425. The highest BCUT2D eigenvalue weighted by molar-refractivity contribution is 5.99. The lowest BCUT2D eigenvalue weighted by atomic mass is 9.96. The number of methoxy groups -OCH3 is 1. The number of fused-ring (bicyclic) bond motifs is 1. The van der Waals surface area contributed by atoms with Crippen LogP contribution >= 0.6 is 0 Å². The Morgan fingerprint density at radius 1 is 1.10 bits per heavy atom. The van der Waals surface area contributed by atoms with Gasteiger partial charge in [0.2, 0.25) is 5.91 Å². The van der Waals surface area contributed by atoms with Gasteiger partial charge in [-0.25, -0.2) is 4.79 Å². The Hall–Kier alpha value is -3.61. The molecule has 3 aromatic rings. The molecule has 1 fully saturated rings. The number of likely N-dealkylation sites (tertiary alicyclic amines) is 1. The summed E-state index contributed by atoms with van der Waals surface area (Å²) in [5.41, 5.74) is 2.48. The van der Waals surface area contributed by atoms with Crippen LogP contribution in [0.5, 0.6) is 0 Å². The van der Waals surface area contributed by atoms with E-state index in [2.05, 4.69) is 15.0 Å². The average molecular weight is 405 g/mol. The lowest BCUT2D eigenvalue weighted by Gasteiger charge is -2.31. The number of aromatic nitrogens is 1. The number of amides is 2. The number of nitrogens with zero attached hydrogens (tertiary/aromatic N) is 1. The second kappa shape index (κ2) is 8.41. The largest absolute Gasteiger partial charge is 0.465 e. The minimum absolute atomic E-state index is 0.0915. The van der Waals surface area contributed by atoms with Crippen molar-refractivity contribution in [2.75, 3.05) is 25.5 Å². The maximum atomic E-state index is 12.9. The molecule has 1 aliphatic heterocycles. The lowest BCUT2D eigenvalue weighted by Crippen LogP contribution is -2.43. The molecule has 0 saturated carbocycles. The van der Waals surface area contributed by atoms with Crippen molar-refractivity contribution in [3.8, 4) is 0 Å². The van der Waals surface area contributed by atoms with Crippen molar-refractivity contribution in [3.05, 3.63) is 65.9 Å². The maximum Gasteiger partial charge on any atom is 0.337 e. The summed E-state index contributed by atoms with van der Waals surface area (Å²) in [6.45, 7) is 1.01. The van der Waals surface area contributed by atoms with Crippen molar-refractivity contribution in [2.45, 2.75) is 12.8 Å². The van der Waals surface area contributed by atoms with Crippen molar-refractivity contribution in [3.63, 3.8) is 0 Å². The Morgan fingerprint density at radius 3 is 2.60 bits per heavy atom. The summed E-state index contributed by atoms with van der Waals surface area (Å²) in [5.74, 6) is -0.931. The molecule has 2 N–H and O–H groups in total. The third kappa shape index (κ3) is 4.05. The number of rotatable bonds is 4. The zero-order valence-corrected chi connectivity index (χ0v) is 16.7. The van der Waals surface area contributed by atoms with Crippen molar-refractivity contribution >= 4 is 34.4 Å². The second-order valence-corrected chi connectivity index (χ2v) is 7.42. The predicted molar refractivity (Wildman–Crippen MR) is 113 cm³/mol. The molecule has 30 heavy (non-hydrogen) atoms. The third-order valence-electron chi connectivity index (χ3n) is 5.41. The first kappa shape index (κ1) is 19.7. The summed E-state index contributed by atoms with van der Waals surface area (Å²) < 4.78 is 4.68. The van der Waals surface area contributed by atoms with Crippen LogP contribution in [0.2, 0.25) is 0 Å². The fraction of sp³-hybridized carbons (Fsp3) is 0.261. The van der Waals surface area contributed by atoms with Gasteiger partial charge in [-0.2, -0.15) is 0 Å². The van der Waals surface area contributed by atoms with Crippen LogP contribution in [0.25, 0.3) is 10.9 Å². The Morgan fingerprint density at radius 2 is 1.87 bits per heavy atom. The standard InChI is InChI=1S/C23H23N3O4/c1-30-23(29)15-8-10-18(11-9-15)24-21(27)17-6-4-12-26(14-17)22(28)20-13-16-5-2-3-7-19(16)25-20/h2-3,5,7-11,13,17,25H,4,6,12,14H2,1H3,(H,24,27)/t17-/m0/s1. The molecule has 0 spiro atoms. The van der Waals surface area contributed by atoms with E-state index in [-0.39, 0.29) is 17.7 Å². The number of aromatic amines is 1. The first-order valence-electron chi connectivity index (χ1n) is 9.91. The first-order chi connectivity index (χ1) is 14.5. The van der Waals surface area contributed by atoms with Crippen molar-refractivity contribution in [1.82, 2.24) is 9.88 Å². The molecule has 0 unspecified atom stereocenters. The number of benzene rings is 2. The smallest absolute Gasteiger partial charge is 0.337 e. The Labute approximate surface area is 174 Å². The lowest BCUT2D eigenvalue weighted by molar-refractivity contribution is -0.121. The van der Waals surface area contributed by atoms with E-state index in [9.17, 15) is 14.4 Å². The van der Waals surface area contributed by atoms with E-state index in [1.54, 1.807) is 29.2 Å². The molecule has 0 radical (unpaired) electrons.